The fourth-order valence-corrected chi connectivity index (χ4v) is 5.00. The fraction of sp³-hybridized carbons (Fsp3) is 0.700. The molecule has 5 aliphatic heterocycles. The molecule has 0 aromatic carbocycles. The van der Waals surface area contributed by atoms with E-state index >= 15 is 0 Å². The average Bonchev–Trinajstić information content (AvgIpc) is 3.50. The Labute approximate surface area is 162 Å². The Morgan fingerprint density at radius 1 is 1.29 bits per heavy atom. The first-order valence-corrected chi connectivity index (χ1v) is 9.59. The number of allylic oxidation sites excluding steroid dienone is 1. The number of carbonyl (C=O) groups excluding carboxylic acids is 2. The highest BCUT2D eigenvalue weighted by molar-refractivity contribution is 5.92. The Kier molecular flexibility index (Phi) is 3.63. The number of epoxide rings is 2. The van der Waals surface area contributed by atoms with Gasteiger partial charge in [0.2, 0.25) is 11.4 Å². The SMILES string of the molecule is C=C1CC(=O)/C=C(\C)C[C@@H]2OC(=O)[C@@]3(OC23)[C@H]2C[C@@H]([C@@]3(C)CO3)[C@H](O)[C@]1(O)O2. The summed E-state index contributed by atoms with van der Waals surface area (Å²) in [5.41, 5.74) is -1.15. The summed E-state index contributed by atoms with van der Waals surface area (Å²) in [7, 11) is 0. The molecule has 8 atom stereocenters. The lowest BCUT2D eigenvalue weighted by Crippen LogP contribution is -2.63. The third kappa shape index (κ3) is 2.35. The molecular weight excluding hydrogens is 368 g/mol. The van der Waals surface area contributed by atoms with Crippen molar-refractivity contribution in [2.75, 3.05) is 6.61 Å². The van der Waals surface area contributed by atoms with Gasteiger partial charge in [-0.25, -0.2) is 4.79 Å². The van der Waals surface area contributed by atoms with E-state index in [2.05, 4.69) is 6.58 Å². The molecule has 152 valence electrons. The molecule has 1 unspecified atom stereocenters. The zero-order valence-corrected chi connectivity index (χ0v) is 15.8. The van der Waals surface area contributed by atoms with Crippen molar-refractivity contribution in [2.45, 2.75) is 74.5 Å². The van der Waals surface area contributed by atoms with E-state index in [0.29, 0.717) is 13.0 Å². The lowest BCUT2D eigenvalue weighted by Gasteiger charge is -2.47. The molecule has 5 heterocycles. The van der Waals surface area contributed by atoms with Crippen molar-refractivity contribution < 1.29 is 38.7 Å². The summed E-state index contributed by atoms with van der Waals surface area (Å²) in [5, 5.41) is 22.3. The van der Waals surface area contributed by atoms with Crippen molar-refractivity contribution in [3.8, 4) is 0 Å². The monoisotopic (exact) mass is 392 g/mol. The molecule has 4 bridgehead atoms. The predicted molar refractivity (Wildman–Crippen MR) is 92.9 cm³/mol. The van der Waals surface area contributed by atoms with Crippen LogP contribution in [0.2, 0.25) is 0 Å². The number of aliphatic hydroxyl groups is 2. The summed E-state index contributed by atoms with van der Waals surface area (Å²) in [6, 6.07) is 0. The van der Waals surface area contributed by atoms with Crippen LogP contribution in [0.1, 0.15) is 33.1 Å². The van der Waals surface area contributed by atoms with Crippen molar-refractivity contribution >= 4 is 11.8 Å². The average molecular weight is 392 g/mol. The van der Waals surface area contributed by atoms with Crippen LogP contribution >= 0.6 is 0 Å². The highest BCUT2D eigenvalue weighted by Gasteiger charge is 2.79. The van der Waals surface area contributed by atoms with Crippen LogP contribution in [-0.4, -0.2) is 70.0 Å². The molecule has 0 aromatic heterocycles. The van der Waals surface area contributed by atoms with E-state index < -0.39 is 53.3 Å². The number of hydrogen-bond acceptors (Lipinski definition) is 8. The summed E-state index contributed by atoms with van der Waals surface area (Å²) < 4.78 is 22.7. The van der Waals surface area contributed by atoms with Crippen LogP contribution in [-0.2, 0) is 28.5 Å². The van der Waals surface area contributed by atoms with Gasteiger partial charge in [0.25, 0.3) is 0 Å². The molecule has 2 N–H and O–H groups in total. The quantitative estimate of drug-likeness (QED) is 0.368. The molecule has 0 aliphatic carbocycles. The molecule has 0 saturated carbocycles. The van der Waals surface area contributed by atoms with Gasteiger partial charge in [0.1, 0.15) is 24.4 Å². The Morgan fingerprint density at radius 3 is 2.64 bits per heavy atom. The van der Waals surface area contributed by atoms with Gasteiger partial charge < -0.3 is 29.2 Å². The lowest BCUT2D eigenvalue weighted by molar-refractivity contribution is -0.306. The number of ether oxygens (including phenoxy) is 4. The summed E-state index contributed by atoms with van der Waals surface area (Å²) in [6.07, 6.45) is -1.30. The number of aliphatic hydroxyl groups excluding tert-OH is 1. The van der Waals surface area contributed by atoms with Crippen molar-refractivity contribution in [1.82, 2.24) is 0 Å². The van der Waals surface area contributed by atoms with Gasteiger partial charge in [-0.1, -0.05) is 12.2 Å². The van der Waals surface area contributed by atoms with Gasteiger partial charge in [-0.15, -0.1) is 0 Å². The number of esters is 1. The first-order chi connectivity index (χ1) is 13.1. The van der Waals surface area contributed by atoms with Gasteiger partial charge in [0.15, 0.2) is 5.78 Å². The standard InChI is InChI=1S/C20H24O8/c1-9-4-11(21)6-10(2)20(24)15(22)12(18(3)8-25-18)7-14(27-20)19-16(28-19)13(5-9)26-17(19)23/h4,12-16,22,24H,2,5-8H2,1,3H3/b9-4+/t12-,13+,14-,15+,16?,18-,19-,20-/m1/s1. The van der Waals surface area contributed by atoms with Gasteiger partial charge in [0, 0.05) is 18.8 Å². The first kappa shape index (κ1) is 18.4. The lowest BCUT2D eigenvalue weighted by atomic mass is 9.73. The zero-order valence-electron chi connectivity index (χ0n) is 15.8. The Bertz CT molecular complexity index is 813. The number of fused-ring (bicyclic) bond motifs is 2. The van der Waals surface area contributed by atoms with Gasteiger partial charge in [-0.3, -0.25) is 4.79 Å². The molecule has 8 nitrogen and oxygen atoms in total. The highest BCUT2D eigenvalue weighted by atomic mass is 16.7. The molecule has 5 rings (SSSR count). The molecule has 4 saturated heterocycles. The van der Waals surface area contributed by atoms with E-state index in [4.69, 9.17) is 18.9 Å². The number of rotatable bonds is 1. The smallest absolute Gasteiger partial charge is 0.344 e. The summed E-state index contributed by atoms with van der Waals surface area (Å²) in [5.74, 6) is -3.51. The van der Waals surface area contributed by atoms with E-state index in [-0.39, 0.29) is 24.2 Å². The van der Waals surface area contributed by atoms with Gasteiger partial charge in [-0.2, -0.15) is 0 Å². The van der Waals surface area contributed by atoms with E-state index in [1.54, 1.807) is 6.92 Å². The molecule has 0 spiro atoms. The molecule has 5 aliphatic rings. The fourth-order valence-electron chi connectivity index (χ4n) is 5.00. The van der Waals surface area contributed by atoms with Crippen molar-refractivity contribution in [3.63, 3.8) is 0 Å². The number of hydrogen-bond donors (Lipinski definition) is 2. The van der Waals surface area contributed by atoms with E-state index in [0.717, 1.165) is 5.57 Å². The van der Waals surface area contributed by atoms with Crippen LogP contribution in [0.4, 0.5) is 0 Å². The molecular formula is C20H24O8. The van der Waals surface area contributed by atoms with Crippen LogP contribution < -0.4 is 0 Å². The molecule has 0 aromatic rings. The Morgan fingerprint density at radius 2 is 2.00 bits per heavy atom. The van der Waals surface area contributed by atoms with Gasteiger partial charge in [-0.05, 0) is 31.9 Å². The van der Waals surface area contributed by atoms with Crippen molar-refractivity contribution in [1.29, 1.82) is 0 Å². The van der Waals surface area contributed by atoms with Crippen molar-refractivity contribution in [2.24, 2.45) is 5.92 Å². The van der Waals surface area contributed by atoms with Crippen LogP contribution in [0.5, 0.6) is 0 Å². The molecule has 28 heavy (non-hydrogen) atoms. The predicted octanol–water partition coefficient (Wildman–Crippen LogP) is 0.158. The van der Waals surface area contributed by atoms with Crippen LogP contribution in [0, 0.1) is 5.92 Å². The first-order valence-electron chi connectivity index (χ1n) is 9.59. The van der Waals surface area contributed by atoms with Crippen molar-refractivity contribution in [3.05, 3.63) is 23.8 Å². The molecule has 0 radical (unpaired) electrons. The topological polar surface area (TPSA) is 118 Å². The second-order valence-electron chi connectivity index (χ2n) is 8.91. The number of ketones is 1. The minimum absolute atomic E-state index is 0.0464. The Hall–Kier alpha value is -1.58. The minimum atomic E-state index is -2.19. The van der Waals surface area contributed by atoms with Gasteiger partial charge in [0.05, 0.1) is 12.2 Å². The summed E-state index contributed by atoms with van der Waals surface area (Å²) in [4.78, 5) is 25.2. The van der Waals surface area contributed by atoms with Gasteiger partial charge >= 0.3 is 5.97 Å². The normalized spacial score (nSPS) is 54.6. The van der Waals surface area contributed by atoms with Crippen LogP contribution in [0.3, 0.4) is 0 Å². The zero-order chi connectivity index (χ0) is 20.1. The maximum atomic E-state index is 12.7. The van der Waals surface area contributed by atoms with Crippen LogP contribution in [0.15, 0.2) is 23.8 Å². The second-order valence-corrected chi connectivity index (χ2v) is 8.91. The largest absolute Gasteiger partial charge is 0.457 e. The minimum Gasteiger partial charge on any atom is -0.457 e. The van der Waals surface area contributed by atoms with E-state index in [1.807, 2.05) is 6.92 Å². The second kappa shape index (κ2) is 5.52. The molecule has 0 amide bonds. The third-order valence-electron chi connectivity index (χ3n) is 6.86. The van der Waals surface area contributed by atoms with Crippen LogP contribution in [0.25, 0.3) is 0 Å². The summed E-state index contributed by atoms with van der Waals surface area (Å²) in [6.45, 7) is 7.88. The maximum absolute atomic E-state index is 12.7. The number of carbonyl (C=O) groups is 2. The maximum Gasteiger partial charge on any atom is 0.344 e. The highest BCUT2D eigenvalue weighted by Crippen LogP contribution is 2.58. The summed E-state index contributed by atoms with van der Waals surface area (Å²) >= 11 is 0. The molecule has 4 fully saturated rings. The third-order valence-corrected chi connectivity index (χ3v) is 6.86. The Balaban J connectivity index is 1.60. The van der Waals surface area contributed by atoms with E-state index in [9.17, 15) is 19.8 Å². The van der Waals surface area contributed by atoms with E-state index in [1.165, 1.54) is 6.08 Å². The molecule has 8 heteroatoms.